The fourth-order valence-electron chi connectivity index (χ4n) is 2.26. The van der Waals surface area contributed by atoms with E-state index in [4.69, 9.17) is 25.8 Å². The lowest BCUT2D eigenvalue weighted by molar-refractivity contribution is -0.130. The molecule has 7 heteroatoms. The highest BCUT2D eigenvalue weighted by molar-refractivity contribution is 7.16. The normalized spacial score (nSPS) is 17.6. The van der Waals surface area contributed by atoms with E-state index in [0.29, 0.717) is 22.4 Å². The van der Waals surface area contributed by atoms with Gasteiger partial charge in [-0.2, -0.15) is 0 Å². The molecular weight excluding hydrogens is 338 g/mol. The number of ether oxygens (including phenoxy) is 3. The number of fused-ring (bicyclic) bond motifs is 1. The number of thiophene rings is 1. The number of carbonyl (C=O) groups is 1. The Hall–Kier alpha value is -1.76. The average Bonchev–Trinajstić information content (AvgIpc) is 3.01. The Morgan fingerprint density at radius 2 is 2.17 bits per heavy atom. The number of nitrogens with one attached hydrogen (secondary N) is 1. The second-order valence-corrected chi connectivity index (χ2v) is 6.72. The third-order valence-corrected chi connectivity index (χ3v) is 4.78. The molecule has 0 bridgehead atoms. The third kappa shape index (κ3) is 3.77. The minimum Gasteiger partial charge on any atom is -0.485 e. The van der Waals surface area contributed by atoms with Crippen molar-refractivity contribution in [1.29, 1.82) is 0 Å². The second-order valence-electron chi connectivity index (χ2n) is 4.98. The Morgan fingerprint density at radius 1 is 1.39 bits per heavy atom. The quantitative estimate of drug-likeness (QED) is 0.897. The Labute approximate surface area is 143 Å². The molecular formula is C16H16ClNO4S. The molecule has 1 aromatic carbocycles. The van der Waals surface area contributed by atoms with Crippen LogP contribution >= 0.6 is 22.9 Å². The third-order valence-electron chi connectivity index (χ3n) is 3.46. The van der Waals surface area contributed by atoms with E-state index >= 15 is 0 Å². The van der Waals surface area contributed by atoms with Crippen LogP contribution in [-0.4, -0.2) is 32.3 Å². The standard InChI is InChI=1S/C16H16ClNO4S/c1-20-12(14-6-7-15(17)23-14)8-18-16(19)13-9-21-10-4-2-3-5-11(10)22-13/h2-7,12-13H,8-9H2,1H3,(H,18,19)/t12-,13+/m0/s1. The number of hydrogen-bond acceptors (Lipinski definition) is 5. The van der Waals surface area contributed by atoms with Gasteiger partial charge in [-0.05, 0) is 24.3 Å². The van der Waals surface area contributed by atoms with Gasteiger partial charge in [0.05, 0.1) is 4.34 Å². The highest BCUT2D eigenvalue weighted by atomic mass is 35.5. The molecule has 1 aliphatic heterocycles. The van der Waals surface area contributed by atoms with Gasteiger partial charge in [0.25, 0.3) is 5.91 Å². The Balaban J connectivity index is 1.57. The van der Waals surface area contributed by atoms with Gasteiger partial charge in [0.15, 0.2) is 11.5 Å². The molecule has 2 aromatic rings. The summed E-state index contributed by atoms with van der Waals surface area (Å²) in [4.78, 5) is 13.2. The fraction of sp³-hybridized carbons (Fsp3) is 0.312. The molecule has 0 fully saturated rings. The molecule has 0 saturated carbocycles. The van der Waals surface area contributed by atoms with Crippen molar-refractivity contribution in [2.75, 3.05) is 20.3 Å². The van der Waals surface area contributed by atoms with E-state index in [-0.39, 0.29) is 18.6 Å². The minimum atomic E-state index is -0.672. The van der Waals surface area contributed by atoms with Crippen LogP contribution in [0.3, 0.4) is 0 Å². The number of hydrogen-bond donors (Lipinski definition) is 1. The molecule has 2 heterocycles. The van der Waals surface area contributed by atoms with E-state index in [1.54, 1.807) is 13.2 Å². The van der Waals surface area contributed by atoms with Gasteiger partial charge >= 0.3 is 0 Å². The lowest BCUT2D eigenvalue weighted by atomic mass is 10.2. The maximum Gasteiger partial charge on any atom is 0.264 e. The SMILES string of the molecule is CO[C@@H](CNC(=O)[C@H]1COc2ccccc2O1)c1ccc(Cl)s1. The summed E-state index contributed by atoms with van der Waals surface area (Å²) in [5, 5.41) is 2.84. The van der Waals surface area contributed by atoms with Crippen LogP contribution in [-0.2, 0) is 9.53 Å². The Bertz CT molecular complexity index is 690. The molecule has 0 aliphatic carbocycles. The van der Waals surface area contributed by atoms with E-state index < -0.39 is 6.10 Å². The zero-order valence-electron chi connectivity index (χ0n) is 12.5. The number of methoxy groups -OCH3 is 1. The highest BCUT2D eigenvalue weighted by Gasteiger charge is 2.27. The number of carbonyl (C=O) groups excluding carboxylic acids is 1. The molecule has 1 aromatic heterocycles. The molecule has 0 spiro atoms. The molecule has 5 nitrogen and oxygen atoms in total. The summed E-state index contributed by atoms with van der Waals surface area (Å²) >= 11 is 7.36. The topological polar surface area (TPSA) is 56.8 Å². The first-order chi connectivity index (χ1) is 11.2. The van der Waals surface area contributed by atoms with Gasteiger partial charge < -0.3 is 19.5 Å². The lowest BCUT2D eigenvalue weighted by Crippen LogP contribution is -2.45. The van der Waals surface area contributed by atoms with Gasteiger partial charge in [0, 0.05) is 18.5 Å². The van der Waals surface area contributed by atoms with Crippen LogP contribution in [0.25, 0.3) is 0 Å². The zero-order chi connectivity index (χ0) is 16.2. The molecule has 1 amide bonds. The van der Waals surface area contributed by atoms with E-state index in [9.17, 15) is 4.79 Å². The minimum absolute atomic E-state index is 0.186. The van der Waals surface area contributed by atoms with Gasteiger partial charge in [-0.1, -0.05) is 23.7 Å². The van der Waals surface area contributed by atoms with Crippen LogP contribution in [0.5, 0.6) is 11.5 Å². The van der Waals surface area contributed by atoms with Crippen molar-refractivity contribution in [1.82, 2.24) is 5.32 Å². The molecule has 122 valence electrons. The summed E-state index contributed by atoms with van der Waals surface area (Å²) < 4.78 is 17.3. The zero-order valence-corrected chi connectivity index (χ0v) is 14.0. The first-order valence-electron chi connectivity index (χ1n) is 7.11. The van der Waals surface area contributed by atoms with Crippen LogP contribution in [0.1, 0.15) is 11.0 Å². The van der Waals surface area contributed by atoms with Crippen molar-refractivity contribution in [3.8, 4) is 11.5 Å². The average molecular weight is 354 g/mol. The van der Waals surface area contributed by atoms with Gasteiger partial charge in [0.2, 0.25) is 6.10 Å². The molecule has 1 N–H and O–H groups in total. The van der Waals surface area contributed by atoms with Crippen molar-refractivity contribution >= 4 is 28.8 Å². The molecule has 3 rings (SSSR count). The van der Waals surface area contributed by atoms with E-state index in [2.05, 4.69) is 5.32 Å². The molecule has 2 atom stereocenters. The monoisotopic (exact) mass is 353 g/mol. The van der Waals surface area contributed by atoms with Crippen LogP contribution in [0.4, 0.5) is 0 Å². The van der Waals surface area contributed by atoms with Gasteiger partial charge in [-0.3, -0.25) is 4.79 Å². The van der Waals surface area contributed by atoms with Crippen LogP contribution < -0.4 is 14.8 Å². The lowest BCUT2D eigenvalue weighted by Gasteiger charge is -2.26. The predicted octanol–water partition coefficient (Wildman–Crippen LogP) is 3.05. The summed E-state index contributed by atoms with van der Waals surface area (Å²) in [6.07, 6.45) is -0.914. The van der Waals surface area contributed by atoms with E-state index in [1.807, 2.05) is 30.3 Å². The van der Waals surface area contributed by atoms with Gasteiger partial charge in [0.1, 0.15) is 12.7 Å². The highest BCUT2D eigenvalue weighted by Crippen LogP contribution is 2.31. The van der Waals surface area contributed by atoms with Crippen molar-refractivity contribution in [2.45, 2.75) is 12.2 Å². The smallest absolute Gasteiger partial charge is 0.264 e. The Morgan fingerprint density at radius 3 is 2.87 bits per heavy atom. The van der Waals surface area contributed by atoms with Gasteiger partial charge in [-0.15, -0.1) is 11.3 Å². The van der Waals surface area contributed by atoms with Crippen LogP contribution in [0.2, 0.25) is 4.34 Å². The first kappa shape index (κ1) is 16.1. The number of rotatable bonds is 5. The van der Waals surface area contributed by atoms with Crippen molar-refractivity contribution < 1.29 is 19.0 Å². The first-order valence-corrected chi connectivity index (χ1v) is 8.31. The second kappa shape index (κ2) is 7.21. The Kier molecular flexibility index (Phi) is 5.05. The number of amides is 1. The maximum atomic E-state index is 12.3. The summed E-state index contributed by atoms with van der Waals surface area (Å²) in [5.41, 5.74) is 0. The number of benzene rings is 1. The molecule has 1 aliphatic rings. The fourth-order valence-corrected chi connectivity index (χ4v) is 3.40. The molecule has 0 unspecified atom stereocenters. The summed E-state index contributed by atoms with van der Waals surface area (Å²) in [6, 6.07) is 11.0. The van der Waals surface area contributed by atoms with E-state index in [1.165, 1.54) is 11.3 Å². The van der Waals surface area contributed by atoms with Crippen molar-refractivity contribution in [3.05, 3.63) is 45.6 Å². The van der Waals surface area contributed by atoms with Crippen molar-refractivity contribution in [2.24, 2.45) is 0 Å². The number of para-hydroxylation sites is 2. The van der Waals surface area contributed by atoms with Crippen LogP contribution in [0.15, 0.2) is 36.4 Å². The van der Waals surface area contributed by atoms with Crippen LogP contribution in [0, 0.1) is 0 Å². The summed E-state index contributed by atoms with van der Waals surface area (Å²) in [5.74, 6) is 0.996. The summed E-state index contributed by atoms with van der Waals surface area (Å²) in [6.45, 7) is 0.527. The van der Waals surface area contributed by atoms with Gasteiger partial charge in [-0.25, -0.2) is 0 Å². The molecule has 23 heavy (non-hydrogen) atoms. The predicted molar refractivity (Wildman–Crippen MR) is 88.4 cm³/mol. The molecule has 0 saturated heterocycles. The largest absolute Gasteiger partial charge is 0.485 e. The molecule has 0 radical (unpaired) electrons. The van der Waals surface area contributed by atoms with E-state index in [0.717, 1.165) is 4.88 Å². The van der Waals surface area contributed by atoms with Crippen molar-refractivity contribution in [3.63, 3.8) is 0 Å². The summed E-state index contributed by atoms with van der Waals surface area (Å²) in [7, 11) is 1.60. The maximum absolute atomic E-state index is 12.3. The number of halogens is 1.